The number of nitrogens with one attached hydrogen (secondary N) is 2. The smallest absolute Gasteiger partial charge is 0.254 e. The second kappa shape index (κ2) is 7.39. The molecule has 0 spiro atoms. The van der Waals surface area contributed by atoms with Crippen LogP contribution in [0.5, 0.6) is 0 Å². The van der Waals surface area contributed by atoms with Crippen LogP contribution in [0.2, 0.25) is 0 Å². The number of H-pyrrole nitrogens is 1. The van der Waals surface area contributed by atoms with Gasteiger partial charge in [0.2, 0.25) is 0 Å². The quantitative estimate of drug-likeness (QED) is 0.740. The van der Waals surface area contributed by atoms with E-state index < -0.39 is 0 Å². The summed E-state index contributed by atoms with van der Waals surface area (Å²) in [6, 6.07) is 12.2. The first-order valence-electron chi connectivity index (χ1n) is 8.48. The van der Waals surface area contributed by atoms with Crippen molar-refractivity contribution in [3.05, 3.63) is 69.8 Å². The lowest BCUT2D eigenvalue weighted by molar-refractivity contribution is 1.03. The molecule has 26 heavy (non-hydrogen) atoms. The van der Waals surface area contributed by atoms with E-state index in [0.717, 1.165) is 17.1 Å². The van der Waals surface area contributed by atoms with Gasteiger partial charge in [-0.15, -0.1) is 0 Å². The minimum atomic E-state index is -0.115. The maximum Gasteiger partial charge on any atom is 0.254 e. The van der Waals surface area contributed by atoms with Gasteiger partial charge in [-0.3, -0.25) is 4.79 Å². The molecule has 0 atom stereocenters. The van der Waals surface area contributed by atoms with Crippen molar-refractivity contribution in [2.45, 2.75) is 20.4 Å². The molecule has 3 aromatic rings. The van der Waals surface area contributed by atoms with Crippen LogP contribution in [0.4, 0.5) is 11.5 Å². The summed E-state index contributed by atoms with van der Waals surface area (Å²) in [6.07, 6.45) is 1.71. The van der Waals surface area contributed by atoms with E-state index in [9.17, 15) is 4.79 Å². The number of aromatic amines is 1. The van der Waals surface area contributed by atoms with Crippen molar-refractivity contribution < 1.29 is 0 Å². The van der Waals surface area contributed by atoms with Gasteiger partial charge in [0, 0.05) is 49.3 Å². The van der Waals surface area contributed by atoms with Gasteiger partial charge in [-0.05, 0) is 43.7 Å². The van der Waals surface area contributed by atoms with Crippen molar-refractivity contribution in [2.75, 3.05) is 24.3 Å². The van der Waals surface area contributed by atoms with Crippen LogP contribution in [0.3, 0.4) is 0 Å². The third-order valence-corrected chi connectivity index (χ3v) is 4.36. The Bertz CT molecular complexity index is 943. The van der Waals surface area contributed by atoms with E-state index in [4.69, 9.17) is 0 Å². The Balaban J connectivity index is 1.69. The predicted octanol–water partition coefficient (Wildman–Crippen LogP) is 3.13. The summed E-state index contributed by atoms with van der Waals surface area (Å²) in [7, 11) is 4.05. The molecule has 0 amide bonds. The molecule has 0 aliphatic carbocycles. The van der Waals surface area contributed by atoms with E-state index >= 15 is 0 Å². The second-order valence-corrected chi connectivity index (χ2v) is 6.47. The average Bonchev–Trinajstić information content (AvgIpc) is 2.65. The average molecular weight is 349 g/mol. The summed E-state index contributed by atoms with van der Waals surface area (Å²) in [6.45, 7) is 4.29. The number of aromatic nitrogens is 3. The van der Waals surface area contributed by atoms with E-state index in [1.54, 1.807) is 13.1 Å². The molecule has 0 radical (unpaired) electrons. The zero-order chi connectivity index (χ0) is 18.7. The molecule has 0 aliphatic rings. The molecular weight excluding hydrogens is 326 g/mol. The third-order valence-electron chi connectivity index (χ3n) is 4.36. The fraction of sp³-hybridized carbons (Fsp3) is 0.250. The van der Waals surface area contributed by atoms with Crippen LogP contribution >= 0.6 is 0 Å². The van der Waals surface area contributed by atoms with Gasteiger partial charge in [0.05, 0.1) is 0 Å². The number of aryl methyl sites for hydroxylation is 1. The molecule has 2 aromatic heterocycles. The number of benzene rings is 1. The van der Waals surface area contributed by atoms with Gasteiger partial charge in [0.25, 0.3) is 5.56 Å². The van der Waals surface area contributed by atoms with Gasteiger partial charge in [-0.25, -0.2) is 9.97 Å². The van der Waals surface area contributed by atoms with Crippen molar-refractivity contribution >= 4 is 11.5 Å². The van der Waals surface area contributed by atoms with E-state index in [1.165, 1.54) is 11.3 Å². The number of hydrogen-bond acceptors (Lipinski definition) is 5. The lowest BCUT2D eigenvalue weighted by Gasteiger charge is -2.13. The van der Waals surface area contributed by atoms with Gasteiger partial charge in [0.1, 0.15) is 11.6 Å². The fourth-order valence-electron chi connectivity index (χ4n) is 2.52. The maximum absolute atomic E-state index is 11.9. The first-order chi connectivity index (χ1) is 12.4. The summed E-state index contributed by atoms with van der Waals surface area (Å²) in [5.74, 6) is 1.31. The van der Waals surface area contributed by atoms with Crippen LogP contribution in [0.15, 0.2) is 47.4 Å². The second-order valence-electron chi connectivity index (χ2n) is 6.47. The molecule has 6 heteroatoms. The Labute approximate surface area is 153 Å². The minimum absolute atomic E-state index is 0.115. The maximum atomic E-state index is 11.9. The van der Waals surface area contributed by atoms with Gasteiger partial charge >= 0.3 is 0 Å². The van der Waals surface area contributed by atoms with Crippen molar-refractivity contribution in [3.8, 4) is 11.4 Å². The third kappa shape index (κ3) is 3.91. The highest BCUT2D eigenvalue weighted by Gasteiger charge is 2.06. The van der Waals surface area contributed by atoms with Crippen LogP contribution < -0.4 is 15.8 Å². The Morgan fingerprint density at radius 1 is 1.08 bits per heavy atom. The molecule has 6 nitrogen and oxygen atoms in total. The fourth-order valence-corrected chi connectivity index (χ4v) is 2.52. The summed E-state index contributed by atoms with van der Waals surface area (Å²) < 4.78 is 0. The molecule has 0 saturated carbocycles. The van der Waals surface area contributed by atoms with Crippen molar-refractivity contribution in [2.24, 2.45) is 0 Å². The van der Waals surface area contributed by atoms with E-state index in [0.29, 0.717) is 17.9 Å². The molecule has 0 fully saturated rings. The van der Waals surface area contributed by atoms with Crippen LogP contribution in [-0.2, 0) is 6.54 Å². The topological polar surface area (TPSA) is 73.9 Å². The van der Waals surface area contributed by atoms with Crippen LogP contribution in [0, 0.1) is 13.8 Å². The zero-order valence-electron chi connectivity index (χ0n) is 15.5. The number of pyridine rings is 1. The van der Waals surface area contributed by atoms with E-state index in [-0.39, 0.29) is 5.56 Å². The molecule has 2 N–H and O–H groups in total. The van der Waals surface area contributed by atoms with Crippen molar-refractivity contribution in [1.29, 1.82) is 0 Å². The molecule has 0 bridgehead atoms. The standard InChI is InChI=1S/C20H23N5O/c1-13-14(2)23-19(24-20(13)26)16-7-10-18(22-12-16)21-11-15-5-8-17(9-6-15)25(3)4/h5-10,12H,11H2,1-4H3,(H,21,22)(H,23,24,26). The molecule has 2 heterocycles. The molecular formula is C20H23N5O. The predicted molar refractivity (Wildman–Crippen MR) is 106 cm³/mol. The Hall–Kier alpha value is -3.15. The first-order valence-corrected chi connectivity index (χ1v) is 8.48. The summed E-state index contributed by atoms with van der Waals surface area (Å²) in [5, 5.41) is 3.30. The molecule has 0 saturated heterocycles. The summed E-state index contributed by atoms with van der Waals surface area (Å²) in [4.78, 5) is 25.6. The van der Waals surface area contributed by atoms with Crippen LogP contribution in [0.1, 0.15) is 16.8 Å². The molecule has 134 valence electrons. The minimum Gasteiger partial charge on any atom is -0.378 e. The SMILES string of the molecule is Cc1nc(-c2ccc(NCc3ccc(N(C)C)cc3)nc2)[nH]c(=O)c1C. The largest absolute Gasteiger partial charge is 0.378 e. The number of rotatable bonds is 5. The Morgan fingerprint density at radius 3 is 2.38 bits per heavy atom. The summed E-state index contributed by atoms with van der Waals surface area (Å²) >= 11 is 0. The van der Waals surface area contributed by atoms with Crippen LogP contribution in [-0.4, -0.2) is 29.0 Å². The van der Waals surface area contributed by atoms with E-state index in [1.807, 2.05) is 33.2 Å². The number of hydrogen-bond donors (Lipinski definition) is 2. The normalized spacial score (nSPS) is 10.6. The first kappa shape index (κ1) is 17.7. The highest BCUT2D eigenvalue weighted by molar-refractivity contribution is 5.56. The van der Waals surface area contributed by atoms with Gasteiger partial charge < -0.3 is 15.2 Å². The lowest BCUT2D eigenvalue weighted by atomic mass is 10.2. The highest BCUT2D eigenvalue weighted by atomic mass is 16.1. The van der Waals surface area contributed by atoms with Gasteiger partial charge in [-0.1, -0.05) is 12.1 Å². The van der Waals surface area contributed by atoms with Gasteiger partial charge in [-0.2, -0.15) is 0 Å². The summed E-state index contributed by atoms with van der Waals surface area (Å²) in [5.41, 5.74) is 4.39. The molecule has 1 aromatic carbocycles. The molecule has 0 aliphatic heterocycles. The molecule has 3 rings (SSSR count). The number of anilines is 2. The van der Waals surface area contributed by atoms with Crippen LogP contribution in [0.25, 0.3) is 11.4 Å². The monoisotopic (exact) mass is 349 g/mol. The zero-order valence-corrected chi connectivity index (χ0v) is 15.5. The van der Waals surface area contributed by atoms with Crippen molar-refractivity contribution in [3.63, 3.8) is 0 Å². The van der Waals surface area contributed by atoms with E-state index in [2.05, 4.69) is 49.4 Å². The number of nitrogens with zero attached hydrogens (tertiary/aromatic N) is 3. The highest BCUT2D eigenvalue weighted by Crippen LogP contribution is 2.17. The van der Waals surface area contributed by atoms with Gasteiger partial charge in [0.15, 0.2) is 0 Å². The Morgan fingerprint density at radius 2 is 1.81 bits per heavy atom. The Kier molecular flexibility index (Phi) is 5.02. The van der Waals surface area contributed by atoms with Crippen molar-refractivity contribution in [1.82, 2.24) is 15.0 Å². The lowest BCUT2D eigenvalue weighted by Crippen LogP contribution is -2.14. The molecule has 0 unspecified atom stereocenters.